The van der Waals surface area contributed by atoms with Crippen molar-refractivity contribution in [3.8, 4) is 135 Å². The monoisotopic (exact) mass is 1790 g/mol. The van der Waals surface area contributed by atoms with Gasteiger partial charge >= 0.3 is 0 Å². The van der Waals surface area contributed by atoms with Gasteiger partial charge in [-0.2, -0.15) is 0 Å². The molecule has 688 valence electrons. The summed E-state index contributed by atoms with van der Waals surface area (Å²) in [5, 5.41) is 118. The summed E-state index contributed by atoms with van der Waals surface area (Å²) in [6, 6.07) is 82.7. The Morgan fingerprint density at radius 3 is 0.716 bits per heavy atom. The van der Waals surface area contributed by atoms with Crippen molar-refractivity contribution in [3.05, 3.63) is 333 Å². The van der Waals surface area contributed by atoms with Crippen molar-refractivity contribution in [1.29, 1.82) is 0 Å². The minimum absolute atomic E-state index is 0.0711. The zero-order chi connectivity index (χ0) is 94.4. The number of benzene rings is 14. The van der Waals surface area contributed by atoms with Gasteiger partial charge in [-0.25, -0.2) is 0 Å². The first-order valence-electron chi connectivity index (χ1n) is 46.0. The van der Waals surface area contributed by atoms with Crippen LogP contribution in [0.25, 0.3) is 100 Å². The summed E-state index contributed by atoms with van der Waals surface area (Å²) in [5.74, 6) is 1.45. The second-order valence-corrected chi connectivity index (χ2v) is 34.0. The third-order valence-corrected chi connectivity index (χ3v) is 25.6. The summed E-state index contributed by atoms with van der Waals surface area (Å²) in [5.41, 5.74) is 23.3. The van der Waals surface area contributed by atoms with Crippen LogP contribution in [0.1, 0.15) is 146 Å². The number of aliphatic hydroxyl groups is 8. The lowest BCUT2D eigenvalue weighted by Crippen LogP contribution is -2.15. The molecule has 0 fully saturated rings. The van der Waals surface area contributed by atoms with Crippen molar-refractivity contribution in [3.63, 3.8) is 0 Å². The van der Waals surface area contributed by atoms with E-state index in [-0.39, 0.29) is 73.4 Å². The van der Waals surface area contributed by atoms with Gasteiger partial charge in [-0.3, -0.25) is 0 Å². The number of aliphatic hydroxyl groups excluding tert-OH is 8. The van der Waals surface area contributed by atoms with Gasteiger partial charge in [-0.05, 0) is 249 Å². The van der Waals surface area contributed by atoms with Crippen molar-refractivity contribution in [2.75, 3.05) is 52.5 Å². The van der Waals surface area contributed by atoms with E-state index in [0.717, 1.165) is 144 Å². The van der Waals surface area contributed by atoms with Crippen LogP contribution < -0.4 is 38.2 Å². The zero-order valence-corrected chi connectivity index (χ0v) is 77.8. The van der Waals surface area contributed by atoms with E-state index >= 15 is 0 Å². The molecule has 134 heavy (non-hydrogen) atoms. The molecule has 1 aliphatic rings. The standard InChI is InChI=1S/C116H118N2O16/c1-11-15-19-71-23-31-77(32-24-71)95-57-81(109-85(67-121)51-75(65-119)53-105(109)131-7)39-47-99(95)117(100-48-40-82(110-86(68-122)52-76(66-120)54-106(110)132-8)58-96(100)78-33-25-72(26-34-78)20-16-12-2)89-43-45-93(103(125)61-89)113-115(127)114(116(113)128)94-46-44-90(62-104(94)126)118(101-49-41-83(111-87(69-123)55-91(129-5)63-107(111)133-9)59-97(101)79-35-27-73(28-36-79)21-17-13-3)102-50-42-84(112-88(70-124)56-92(130-6)64-108(112)134-10)60-98(102)80-37-29-74(30-38-80)22-18-14-4/h23-64,119-128H,11-22,65-70H2,1-10H3. The first-order valence-corrected chi connectivity index (χ1v) is 46.0. The number of rotatable bonds is 40. The van der Waals surface area contributed by atoms with Crippen LogP contribution in [-0.4, -0.2) is 93.7 Å². The molecular formula is C116H118N2O16. The lowest BCUT2D eigenvalue weighted by molar-refractivity contribution is 0.274. The molecule has 0 aliphatic heterocycles. The third kappa shape index (κ3) is 19.4. The van der Waals surface area contributed by atoms with Gasteiger partial charge in [0, 0.05) is 91.3 Å². The number of anilines is 6. The van der Waals surface area contributed by atoms with E-state index in [1.54, 1.807) is 115 Å². The summed E-state index contributed by atoms with van der Waals surface area (Å²) in [7, 11) is 9.43. The lowest BCUT2D eigenvalue weighted by atomic mass is 9.83. The van der Waals surface area contributed by atoms with Crippen LogP contribution in [0.2, 0.25) is 0 Å². The van der Waals surface area contributed by atoms with E-state index < -0.39 is 11.5 Å². The van der Waals surface area contributed by atoms with Crippen LogP contribution in [0.15, 0.2) is 266 Å². The van der Waals surface area contributed by atoms with E-state index in [0.29, 0.717) is 135 Å². The number of ether oxygens (including phenoxy) is 6. The zero-order valence-electron chi connectivity index (χ0n) is 77.8. The van der Waals surface area contributed by atoms with Crippen molar-refractivity contribution >= 4 is 45.3 Å². The molecule has 14 aromatic carbocycles. The summed E-state index contributed by atoms with van der Waals surface area (Å²) in [6.45, 7) is 6.74. The smallest absolute Gasteiger partial charge is 0.139 e. The van der Waals surface area contributed by atoms with Crippen molar-refractivity contribution in [1.82, 2.24) is 0 Å². The molecule has 18 heteroatoms. The van der Waals surface area contributed by atoms with E-state index in [1.807, 2.05) is 60.7 Å². The number of nitrogens with zero attached hydrogens (tertiary/aromatic N) is 2. The number of allylic oxidation sites excluding steroid dienone is 2. The molecule has 15 rings (SSSR count). The van der Waals surface area contributed by atoms with Gasteiger partial charge in [0.15, 0.2) is 0 Å². The Balaban J connectivity index is 0.920. The number of aryl methyl sites for hydroxylation is 4. The molecule has 0 unspecified atom stereocenters. The molecule has 14 aromatic rings. The van der Waals surface area contributed by atoms with Crippen LogP contribution >= 0.6 is 0 Å². The van der Waals surface area contributed by atoms with Gasteiger partial charge in [0.25, 0.3) is 0 Å². The van der Waals surface area contributed by atoms with Gasteiger partial charge < -0.3 is 89.3 Å². The van der Waals surface area contributed by atoms with Crippen LogP contribution in [0, 0.1) is 0 Å². The van der Waals surface area contributed by atoms with Crippen molar-refractivity contribution in [2.45, 2.75) is 144 Å². The highest BCUT2D eigenvalue weighted by molar-refractivity contribution is 6.09. The Kier molecular flexibility index (Phi) is 30.4. The molecule has 18 nitrogen and oxygen atoms in total. The van der Waals surface area contributed by atoms with E-state index in [4.69, 9.17) is 28.4 Å². The van der Waals surface area contributed by atoms with Crippen LogP contribution in [0.4, 0.5) is 34.1 Å². The van der Waals surface area contributed by atoms with Gasteiger partial charge in [0.05, 0.1) is 116 Å². The Bertz CT molecular complexity index is 5800. The highest BCUT2D eigenvalue weighted by Crippen LogP contribution is 2.56. The van der Waals surface area contributed by atoms with Gasteiger partial charge in [0.1, 0.15) is 57.5 Å². The minimum Gasteiger partial charge on any atom is -0.507 e. The van der Waals surface area contributed by atoms with Gasteiger partial charge in [-0.1, -0.05) is 187 Å². The Labute approximate surface area is 785 Å². The normalized spacial score (nSPS) is 11.9. The Morgan fingerprint density at radius 1 is 0.231 bits per heavy atom. The maximum Gasteiger partial charge on any atom is 0.139 e. The molecule has 0 saturated heterocycles. The maximum atomic E-state index is 13.1. The lowest BCUT2D eigenvalue weighted by Gasteiger charge is -2.32. The van der Waals surface area contributed by atoms with E-state index in [1.165, 1.54) is 11.1 Å². The minimum atomic E-state index is -0.398. The molecule has 0 amide bonds. The Morgan fingerprint density at radius 2 is 0.485 bits per heavy atom. The first-order chi connectivity index (χ1) is 65.4. The molecule has 0 bridgehead atoms. The van der Waals surface area contributed by atoms with Gasteiger partial charge in [-0.15, -0.1) is 0 Å². The Hall–Kier alpha value is -14.1. The van der Waals surface area contributed by atoms with E-state index in [2.05, 4.69) is 159 Å². The molecule has 0 heterocycles. The molecule has 0 saturated carbocycles. The number of unbranched alkanes of at least 4 members (excludes halogenated alkanes) is 4. The molecule has 0 atom stereocenters. The number of aromatic hydroxyl groups is 2. The van der Waals surface area contributed by atoms with Crippen molar-refractivity contribution < 1.29 is 79.5 Å². The number of hydrogen-bond donors (Lipinski definition) is 10. The summed E-state index contributed by atoms with van der Waals surface area (Å²) in [4.78, 5) is 4.15. The molecule has 1 aliphatic carbocycles. The van der Waals surface area contributed by atoms with Crippen LogP contribution in [0.5, 0.6) is 46.0 Å². The molecule has 0 radical (unpaired) electrons. The highest BCUT2D eigenvalue weighted by Gasteiger charge is 2.37. The second kappa shape index (κ2) is 43.1. The number of phenolic OH excluding ortho intramolecular Hbond substituents is 2. The fourth-order valence-corrected chi connectivity index (χ4v) is 18.5. The fraction of sp³-hybridized carbons (Fsp3) is 0.241. The van der Waals surface area contributed by atoms with Crippen LogP contribution in [-0.2, 0) is 65.3 Å². The van der Waals surface area contributed by atoms with Crippen molar-refractivity contribution in [2.24, 2.45) is 0 Å². The quantitative estimate of drug-likeness (QED) is 0.0171. The summed E-state index contributed by atoms with van der Waals surface area (Å²) in [6.07, 6.45) is 11.5. The largest absolute Gasteiger partial charge is 0.507 e. The summed E-state index contributed by atoms with van der Waals surface area (Å²) < 4.78 is 35.8. The highest BCUT2D eigenvalue weighted by atomic mass is 16.5. The second-order valence-electron chi connectivity index (χ2n) is 34.0. The topological polar surface area (TPSA) is 264 Å². The SMILES string of the molecule is CCCCc1ccc(-c2cc(-c3c(CO)cc(CO)cc3OC)ccc2N(c2ccc(C3=C(O)C(c4ccc(N(c5ccc(-c6c(CO)cc(OC)cc6OC)cc5-c5ccc(CCCC)cc5)c5ccc(-c6c(CO)cc(OC)cc6OC)cc5-c5ccc(CCCC)cc5)cc4O)=C3O)c(O)c2)c2ccc(-c3c(CO)cc(CO)cc3OC)cc2-c2ccc(CCCC)cc2)cc1. The predicted octanol–water partition coefficient (Wildman–Crippen LogP) is 26.0. The number of phenols is 2. The fourth-order valence-electron chi connectivity index (χ4n) is 18.5. The summed E-state index contributed by atoms with van der Waals surface area (Å²) >= 11 is 0. The number of methoxy groups -OCH3 is 6. The molecule has 0 aromatic heterocycles. The molecule has 0 spiro atoms. The molecular weight excluding hydrogens is 1680 g/mol. The molecule has 10 N–H and O–H groups in total. The predicted molar refractivity (Wildman–Crippen MR) is 537 cm³/mol. The van der Waals surface area contributed by atoms with Crippen LogP contribution in [0.3, 0.4) is 0 Å². The number of hydrogen-bond acceptors (Lipinski definition) is 18. The maximum absolute atomic E-state index is 13.1. The third-order valence-electron chi connectivity index (χ3n) is 25.6. The van der Waals surface area contributed by atoms with Gasteiger partial charge in [0.2, 0.25) is 0 Å². The first kappa shape index (κ1) is 94.6. The average molecular weight is 1800 g/mol. The van der Waals surface area contributed by atoms with E-state index in [9.17, 15) is 51.1 Å². The average Bonchev–Trinajstić information content (AvgIpc) is 0.731.